The minimum atomic E-state index is -0.423. The van der Waals surface area contributed by atoms with Crippen LogP contribution in [0, 0.1) is 0 Å². The van der Waals surface area contributed by atoms with E-state index in [1.54, 1.807) is 19.2 Å². The van der Waals surface area contributed by atoms with Crippen LogP contribution in [-0.2, 0) is 13.1 Å². The predicted molar refractivity (Wildman–Crippen MR) is 101 cm³/mol. The number of nitrogens with zero attached hydrogens (tertiary/aromatic N) is 2. The summed E-state index contributed by atoms with van der Waals surface area (Å²) in [7, 11) is 3.73. The predicted octanol–water partition coefficient (Wildman–Crippen LogP) is 2.76. The average molecular weight is 389 g/mol. The number of rotatable bonds is 5. The smallest absolute Gasteiger partial charge is 0.248 e. The lowest BCUT2D eigenvalue weighted by Crippen LogP contribution is -2.38. The summed E-state index contributed by atoms with van der Waals surface area (Å²) in [5.74, 6) is 0.357. The summed E-state index contributed by atoms with van der Waals surface area (Å²) in [6.45, 7) is 1.31. The lowest BCUT2D eigenvalue weighted by Gasteiger charge is -2.22. The molecule has 0 aliphatic rings. The molecule has 0 spiro atoms. The van der Waals surface area contributed by atoms with Crippen molar-refractivity contribution < 1.29 is 4.79 Å². The Bertz CT molecular complexity index is 728. The highest BCUT2D eigenvalue weighted by molar-refractivity contribution is 9.10. The molecule has 1 amide bonds. The van der Waals surface area contributed by atoms with Crippen LogP contribution in [0.5, 0.6) is 0 Å². The number of aliphatic imine (C=N–C) groups is 1. The summed E-state index contributed by atoms with van der Waals surface area (Å²) in [5.41, 5.74) is 7.99. The third-order valence-corrected chi connectivity index (χ3v) is 4.10. The standard InChI is InChI=1S/C18H21BrN4O/c1-21-18(23(2)12-13-6-8-16(19)9-7-13)22-11-14-4-3-5-15(10-14)17(20)24/h3-10H,11-12H2,1-2H3,(H2,20,24)(H,21,22). The normalized spacial score (nSPS) is 11.2. The van der Waals surface area contributed by atoms with Crippen molar-refractivity contribution in [2.24, 2.45) is 10.7 Å². The van der Waals surface area contributed by atoms with Gasteiger partial charge in [0.2, 0.25) is 5.91 Å². The van der Waals surface area contributed by atoms with Crippen LogP contribution in [0.15, 0.2) is 58.0 Å². The molecule has 0 heterocycles. The van der Waals surface area contributed by atoms with E-state index in [0.29, 0.717) is 12.1 Å². The molecule has 126 valence electrons. The first kappa shape index (κ1) is 18.0. The first-order chi connectivity index (χ1) is 11.5. The first-order valence-corrected chi connectivity index (χ1v) is 8.34. The van der Waals surface area contributed by atoms with Gasteiger partial charge in [0.1, 0.15) is 0 Å². The van der Waals surface area contributed by atoms with Crippen molar-refractivity contribution in [1.29, 1.82) is 0 Å². The van der Waals surface area contributed by atoms with Gasteiger partial charge in [0.25, 0.3) is 0 Å². The van der Waals surface area contributed by atoms with E-state index >= 15 is 0 Å². The van der Waals surface area contributed by atoms with Gasteiger partial charge in [-0.25, -0.2) is 0 Å². The maximum atomic E-state index is 11.2. The van der Waals surface area contributed by atoms with Crippen molar-refractivity contribution >= 4 is 27.8 Å². The van der Waals surface area contributed by atoms with E-state index in [0.717, 1.165) is 22.5 Å². The number of hydrogen-bond acceptors (Lipinski definition) is 2. The highest BCUT2D eigenvalue weighted by Gasteiger charge is 2.07. The molecule has 0 unspecified atom stereocenters. The number of carbonyl (C=O) groups excluding carboxylic acids is 1. The molecule has 0 saturated heterocycles. The molecule has 2 aromatic carbocycles. The second-order valence-electron chi connectivity index (χ2n) is 5.45. The van der Waals surface area contributed by atoms with Gasteiger partial charge in [-0.1, -0.05) is 40.2 Å². The molecular formula is C18H21BrN4O. The number of amides is 1. The topological polar surface area (TPSA) is 70.7 Å². The van der Waals surface area contributed by atoms with Crippen molar-refractivity contribution in [3.8, 4) is 0 Å². The molecule has 0 aliphatic carbocycles. The Balaban J connectivity index is 1.97. The first-order valence-electron chi connectivity index (χ1n) is 7.54. The van der Waals surface area contributed by atoms with Gasteiger partial charge < -0.3 is 16.0 Å². The van der Waals surface area contributed by atoms with Gasteiger partial charge in [0.05, 0.1) is 0 Å². The van der Waals surface area contributed by atoms with Gasteiger partial charge in [-0.05, 0) is 35.4 Å². The largest absolute Gasteiger partial charge is 0.366 e. The van der Waals surface area contributed by atoms with E-state index in [4.69, 9.17) is 5.73 Å². The Kier molecular flexibility index (Phi) is 6.37. The number of guanidine groups is 1. The van der Waals surface area contributed by atoms with Gasteiger partial charge in [0, 0.05) is 37.2 Å². The number of halogens is 1. The van der Waals surface area contributed by atoms with E-state index in [9.17, 15) is 4.79 Å². The molecule has 0 bridgehead atoms. The van der Waals surface area contributed by atoms with Crippen LogP contribution < -0.4 is 11.1 Å². The van der Waals surface area contributed by atoms with Gasteiger partial charge in [-0.2, -0.15) is 0 Å². The molecule has 0 aliphatic heterocycles. The minimum absolute atomic E-state index is 0.423. The molecule has 5 nitrogen and oxygen atoms in total. The Hall–Kier alpha value is -2.34. The third kappa shape index (κ3) is 5.09. The fraction of sp³-hybridized carbons (Fsp3) is 0.222. The lowest BCUT2D eigenvalue weighted by atomic mass is 10.1. The fourth-order valence-electron chi connectivity index (χ4n) is 2.34. The van der Waals surface area contributed by atoms with E-state index in [1.165, 1.54) is 5.56 Å². The van der Waals surface area contributed by atoms with E-state index < -0.39 is 5.91 Å². The van der Waals surface area contributed by atoms with E-state index in [-0.39, 0.29) is 0 Å². The van der Waals surface area contributed by atoms with Crippen molar-refractivity contribution in [3.63, 3.8) is 0 Å². The van der Waals surface area contributed by atoms with Crippen molar-refractivity contribution in [1.82, 2.24) is 10.2 Å². The second-order valence-corrected chi connectivity index (χ2v) is 6.36. The molecule has 0 atom stereocenters. The second kappa shape index (κ2) is 8.49. The SMILES string of the molecule is CN=C(NCc1cccc(C(N)=O)c1)N(C)Cc1ccc(Br)cc1. The Morgan fingerprint density at radius 1 is 1.21 bits per heavy atom. The number of carbonyl (C=O) groups is 1. The molecule has 0 saturated carbocycles. The number of benzene rings is 2. The van der Waals surface area contributed by atoms with Crippen molar-refractivity contribution in [2.75, 3.05) is 14.1 Å². The number of hydrogen-bond donors (Lipinski definition) is 2. The van der Waals surface area contributed by atoms with Crippen LogP contribution in [0.4, 0.5) is 0 Å². The fourth-order valence-corrected chi connectivity index (χ4v) is 2.60. The maximum absolute atomic E-state index is 11.2. The molecule has 2 rings (SSSR count). The zero-order valence-electron chi connectivity index (χ0n) is 13.8. The van der Waals surface area contributed by atoms with Gasteiger partial charge in [-0.15, -0.1) is 0 Å². The Labute approximate surface area is 150 Å². The highest BCUT2D eigenvalue weighted by Crippen LogP contribution is 2.12. The van der Waals surface area contributed by atoms with Crippen LogP contribution in [-0.4, -0.2) is 30.9 Å². The number of nitrogens with one attached hydrogen (secondary N) is 1. The quantitative estimate of drug-likeness (QED) is 0.610. The zero-order chi connectivity index (χ0) is 17.5. The highest BCUT2D eigenvalue weighted by atomic mass is 79.9. The molecule has 24 heavy (non-hydrogen) atoms. The number of nitrogens with two attached hydrogens (primary N) is 1. The van der Waals surface area contributed by atoms with Crippen molar-refractivity contribution in [2.45, 2.75) is 13.1 Å². The lowest BCUT2D eigenvalue weighted by molar-refractivity contribution is 0.1000. The molecule has 6 heteroatoms. The molecule has 0 aromatic heterocycles. The molecule has 3 N–H and O–H groups in total. The van der Waals surface area contributed by atoms with E-state index in [1.807, 2.05) is 36.2 Å². The van der Waals surface area contributed by atoms with Crippen LogP contribution in [0.1, 0.15) is 21.5 Å². The zero-order valence-corrected chi connectivity index (χ0v) is 15.4. The molecular weight excluding hydrogens is 368 g/mol. The third-order valence-electron chi connectivity index (χ3n) is 3.57. The molecule has 2 aromatic rings. The Morgan fingerprint density at radius 3 is 2.54 bits per heavy atom. The van der Waals surface area contributed by atoms with Crippen LogP contribution in [0.25, 0.3) is 0 Å². The van der Waals surface area contributed by atoms with Gasteiger partial charge >= 0.3 is 0 Å². The molecule has 0 fully saturated rings. The van der Waals surface area contributed by atoms with Crippen LogP contribution >= 0.6 is 15.9 Å². The Morgan fingerprint density at radius 2 is 1.92 bits per heavy atom. The van der Waals surface area contributed by atoms with Gasteiger partial charge in [0.15, 0.2) is 5.96 Å². The van der Waals surface area contributed by atoms with Crippen LogP contribution in [0.2, 0.25) is 0 Å². The van der Waals surface area contributed by atoms with E-state index in [2.05, 4.69) is 38.4 Å². The summed E-state index contributed by atoms with van der Waals surface area (Å²) in [4.78, 5) is 17.6. The summed E-state index contributed by atoms with van der Waals surface area (Å²) in [6, 6.07) is 15.5. The van der Waals surface area contributed by atoms with Crippen LogP contribution in [0.3, 0.4) is 0 Å². The van der Waals surface area contributed by atoms with Crippen molar-refractivity contribution in [3.05, 3.63) is 69.7 Å². The summed E-state index contributed by atoms with van der Waals surface area (Å²) >= 11 is 3.44. The summed E-state index contributed by atoms with van der Waals surface area (Å²) in [6.07, 6.45) is 0. The monoisotopic (exact) mass is 388 g/mol. The number of primary amides is 1. The van der Waals surface area contributed by atoms with Gasteiger partial charge in [-0.3, -0.25) is 9.79 Å². The average Bonchev–Trinajstić information content (AvgIpc) is 2.57. The molecule has 0 radical (unpaired) electrons. The minimum Gasteiger partial charge on any atom is -0.366 e. The maximum Gasteiger partial charge on any atom is 0.248 e. The summed E-state index contributed by atoms with van der Waals surface area (Å²) in [5, 5.41) is 3.30. The summed E-state index contributed by atoms with van der Waals surface area (Å²) < 4.78 is 1.06.